The number of benzene rings is 2. The third-order valence-corrected chi connectivity index (χ3v) is 5.70. The van der Waals surface area contributed by atoms with Gasteiger partial charge in [-0.2, -0.15) is 0 Å². The third-order valence-electron chi connectivity index (χ3n) is 4.26. The quantitative estimate of drug-likeness (QED) is 0.878. The van der Waals surface area contributed by atoms with Crippen molar-refractivity contribution >= 4 is 17.5 Å². The number of hydrogen-bond acceptors (Lipinski definition) is 4. The summed E-state index contributed by atoms with van der Waals surface area (Å²) in [6.45, 7) is 0. The molecule has 22 heavy (non-hydrogen) atoms. The normalized spacial score (nSPS) is 29.6. The third kappa shape index (κ3) is 1.69. The first kappa shape index (κ1) is 13.8. The lowest BCUT2D eigenvalue weighted by atomic mass is 9.84. The molecule has 0 amide bonds. The van der Waals surface area contributed by atoms with E-state index in [1.165, 1.54) is 17.8 Å². The molecule has 4 rings (SSSR count). The molecule has 2 heterocycles. The van der Waals surface area contributed by atoms with Gasteiger partial charge >= 0.3 is 0 Å². The number of para-hydroxylation sites is 1. The number of aliphatic hydroxyl groups excluding tert-OH is 1. The zero-order valence-electron chi connectivity index (χ0n) is 11.5. The second-order valence-electron chi connectivity index (χ2n) is 5.47. The smallest absolute Gasteiger partial charge is 0.214 e. The summed E-state index contributed by atoms with van der Waals surface area (Å²) in [5.74, 6) is 0.128. The predicted octanol–water partition coefficient (Wildman–Crippen LogP) is 2.99. The molecule has 5 heteroatoms. The van der Waals surface area contributed by atoms with Crippen LogP contribution in [-0.4, -0.2) is 28.3 Å². The molecule has 2 aliphatic heterocycles. The summed E-state index contributed by atoms with van der Waals surface area (Å²) >= 11 is 1.35. The van der Waals surface area contributed by atoms with Crippen LogP contribution in [0.25, 0.3) is 0 Å². The number of halogens is 1. The van der Waals surface area contributed by atoms with E-state index in [4.69, 9.17) is 4.74 Å². The molecular formula is C17H13FO3S. The summed E-state index contributed by atoms with van der Waals surface area (Å²) in [6.07, 6.45) is -0.970. The van der Waals surface area contributed by atoms with Crippen LogP contribution in [0.5, 0.6) is 5.75 Å². The van der Waals surface area contributed by atoms with E-state index in [2.05, 4.69) is 0 Å². The van der Waals surface area contributed by atoms with E-state index in [0.717, 1.165) is 0 Å². The molecule has 2 aliphatic rings. The van der Waals surface area contributed by atoms with Crippen LogP contribution in [0.4, 0.5) is 4.39 Å². The molecule has 112 valence electrons. The lowest BCUT2D eigenvalue weighted by Crippen LogP contribution is -2.51. The Bertz CT molecular complexity index is 763. The molecule has 2 aromatic rings. The van der Waals surface area contributed by atoms with Crippen molar-refractivity contribution in [1.29, 1.82) is 0 Å². The lowest BCUT2D eigenvalue weighted by Gasteiger charge is -2.31. The molecule has 1 spiro atoms. The fraction of sp³-hybridized carbons (Fsp3) is 0.235. The Morgan fingerprint density at radius 1 is 1.18 bits per heavy atom. The van der Waals surface area contributed by atoms with E-state index < -0.39 is 17.0 Å². The van der Waals surface area contributed by atoms with Crippen molar-refractivity contribution in [1.82, 2.24) is 0 Å². The molecule has 0 bridgehead atoms. The van der Waals surface area contributed by atoms with Crippen molar-refractivity contribution in [2.24, 2.45) is 0 Å². The Morgan fingerprint density at radius 2 is 1.91 bits per heavy atom. The number of Topliss-reactive ketones (excluding diaryl/α,β-unsaturated/α-hetero) is 1. The maximum Gasteiger partial charge on any atom is 0.214 e. The van der Waals surface area contributed by atoms with E-state index in [9.17, 15) is 14.3 Å². The minimum atomic E-state index is -1.43. The van der Waals surface area contributed by atoms with Gasteiger partial charge in [0.1, 0.15) is 17.7 Å². The van der Waals surface area contributed by atoms with Crippen LogP contribution in [-0.2, 0) is 0 Å². The molecule has 0 radical (unpaired) electrons. The monoisotopic (exact) mass is 316 g/mol. The number of rotatable bonds is 1. The number of carbonyl (C=O) groups is 1. The molecule has 1 saturated heterocycles. The van der Waals surface area contributed by atoms with Crippen LogP contribution in [0.3, 0.4) is 0 Å². The molecule has 1 N–H and O–H groups in total. The van der Waals surface area contributed by atoms with E-state index in [1.807, 2.05) is 0 Å². The van der Waals surface area contributed by atoms with Crippen LogP contribution in [0.1, 0.15) is 21.2 Å². The Hall–Kier alpha value is -1.85. The largest absolute Gasteiger partial charge is 0.474 e. The van der Waals surface area contributed by atoms with Crippen molar-refractivity contribution < 1.29 is 19.0 Å². The van der Waals surface area contributed by atoms with E-state index in [0.29, 0.717) is 22.6 Å². The molecular weight excluding hydrogens is 303 g/mol. The number of carbonyl (C=O) groups excluding carboxylic acids is 1. The van der Waals surface area contributed by atoms with Crippen molar-refractivity contribution in [3.05, 3.63) is 65.5 Å². The van der Waals surface area contributed by atoms with Crippen LogP contribution < -0.4 is 4.74 Å². The maximum atomic E-state index is 14.2. The summed E-state index contributed by atoms with van der Waals surface area (Å²) in [6, 6.07) is 13.3. The SMILES string of the molecule is O=C1c2ccccc2O[C@]12[C@@H](O)CS[C@H]2c1ccccc1F. The molecule has 2 aromatic carbocycles. The van der Waals surface area contributed by atoms with E-state index in [1.54, 1.807) is 42.5 Å². The van der Waals surface area contributed by atoms with Gasteiger partial charge in [-0.25, -0.2) is 4.39 Å². The highest BCUT2D eigenvalue weighted by atomic mass is 32.2. The highest BCUT2D eigenvalue weighted by molar-refractivity contribution is 8.00. The van der Waals surface area contributed by atoms with Crippen molar-refractivity contribution in [3.63, 3.8) is 0 Å². The number of aliphatic hydroxyl groups is 1. The fourth-order valence-corrected chi connectivity index (χ4v) is 4.75. The molecule has 0 saturated carbocycles. The zero-order chi connectivity index (χ0) is 15.3. The first-order valence-corrected chi connectivity index (χ1v) is 8.06. The molecule has 3 atom stereocenters. The number of thioether (sulfide) groups is 1. The van der Waals surface area contributed by atoms with E-state index >= 15 is 0 Å². The standard InChI is InChI=1S/C17H13FO3S/c18-12-7-3-1-5-10(12)16-17(14(19)9-22-16)15(20)11-6-2-4-8-13(11)21-17/h1-8,14,16,19H,9H2/t14-,16-,17+/m0/s1. The molecule has 3 nitrogen and oxygen atoms in total. The number of fused-ring (bicyclic) bond motifs is 1. The van der Waals surface area contributed by atoms with Gasteiger partial charge in [-0.15, -0.1) is 11.8 Å². The second-order valence-corrected chi connectivity index (χ2v) is 6.61. The minimum Gasteiger partial charge on any atom is -0.474 e. The number of ketones is 1. The summed E-state index contributed by atoms with van der Waals surface area (Å²) in [5.41, 5.74) is -0.591. The highest BCUT2D eigenvalue weighted by Gasteiger charge is 2.62. The topological polar surface area (TPSA) is 46.5 Å². The van der Waals surface area contributed by atoms with Crippen LogP contribution in [0.15, 0.2) is 48.5 Å². The summed E-state index contributed by atoms with van der Waals surface area (Å²) in [7, 11) is 0. The minimum absolute atomic E-state index is 0.270. The Balaban J connectivity index is 1.86. The van der Waals surface area contributed by atoms with Gasteiger partial charge < -0.3 is 9.84 Å². The van der Waals surface area contributed by atoms with Gasteiger partial charge in [-0.3, -0.25) is 4.79 Å². The predicted molar refractivity (Wildman–Crippen MR) is 81.7 cm³/mol. The molecule has 0 aromatic heterocycles. The molecule has 0 aliphatic carbocycles. The summed E-state index contributed by atoms with van der Waals surface area (Å²) < 4.78 is 20.1. The van der Waals surface area contributed by atoms with Crippen molar-refractivity contribution in [2.45, 2.75) is 17.0 Å². The Kier molecular flexibility index (Phi) is 3.03. The average molecular weight is 316 g/mol. The molecule has 0 unspecified atom stereocenters. The number of ether oxygens (including phenoxy) is 1. The number of hydrogen-bond donors (Lipinski definition) is 1. The average Bonchev–Trinajstić information content (AvgIpc) is 3.01. The van der Waals surface area contributed by atoms with Gasteiger partial charge in [0.05, 0.1) is 10.8 Å². The van der Waals surface area contributed by atoms with Crippen LogP contribution >= 0.6 is 11.8 Å². The highest BCUT2D eigenvalue weighted by Crippen LogP contribution is 2.55. The molecule has 1 fully saturated rings. The van der Waals surface area contributed by atoms with Gasteiger partial charge in [0.25, 0.3) is 0 Å². The lowest BCUT2D eigenvalue weighted by molar-refractivity contribution is -0.00836. The Morgan fingerprint density at radius 3 is 2.68 bits per heavy atom. The zero-order valence-corrected chi connectivity index (χ0v) is 12.3. The summed E-state index contributed by atoms with van der Waals surface area (Å²) in [4.78, 5) is 12.9. The Labute approximate surface area is 131 Å². The maximum absolute atomic E-state index is 14.2. The van der Waals surface area contributed by atoms with Crippen molar-refractivity contribution in [3.8, 4) is 5.75 Å². The van der Waals surface area contributed by atoms with Crippen molar-refractivity contribution in [2.75, 3.05) is 5.75 Å². The first-order chi connectivity index (χ1) is 10.6. The first-order valence-electron chi connectivity index (χ1n) is 7.01. The van der Waals surface area contributed by atoms with Gasteiger partial charge in [-0.05, 0) is 18.2 Å². The summed E-state index contributed by atoms with van der Waals surface area (Å²) in [5, 5.41) is 9.89. The van der Waals surface area contributed by atoms with Gasteiger partial charge in [0.2, 0.25) is 11.4 Å². The van der Waals surface area contributed by atoms with Crippen LogP contribution in [0, 0.1) is 5.82 Å². The van der Waals surface area contributed by atoms with Gasteiger partial charge in [0, 0.05) is 11.3 Å². The second kappa shape index (κ2) is 4.83. The van der Waals surface area contributed by atoms with Gasteiger partial charge in [-0.1, -0.05) is 30.3 Å². The fourth-order valence-electron chi connectivity index (χ4n) is 3.19. The van der Waals surface area contributed by atoms with Crippen LogP contribution in [0.2, 0.25) is 0 Å². The van der Waals surface area contributed by atoms with Gasteiger partial charge in [0.15, 0.2) is 0 Å². The van der Waals surface area contributed by atoms with E-state index in [-0.39, 0.29) is 11.6 Å².